The third kappa shape index (κ3) is 2.98. The molecule has 1 amide bonds. The maximum Gasteiger partial charge on any atom is 0.231 e. The van der Waals surface area contributed by atoms with Gasteiger partial charge in [0.15, 0.2) is 0 Å². The molecule has 4 heteroatoms. The molecule has 1 fully saturated rings. The lowest BCUT2D eigenvalue weighted by molar-refractivity contribution is -0.123. The number of carbonyl (C=O) groups excluding carboxylic acids is 1. The Bertz CT molecular complexity index is 973. The highest BCUT2D eigenvalue weighted by Gasteiger charge is 2.39. The minimum Gasteiger partial charge on any atom is -0.495 e. The smallest absolute Gasteiger partial charge is 0.231 e. The van der Waals surface area contributed by atoms with Crippen molar-refractivity contribution in [2.45, 2.75) is 24.7 Å². The molecule has 2 aromatic carbocycles. The number of fused-ring (bicyclic) bond motifs is 3. The minimum atomic E-state index is 0.0139. The van der Waals surface area contributed by atoms with E-state index in [2.05, 4.69) is 47.4 Å². The SMILES string of the molecule is COc1cccc2c1N(C)C(=O)C(CN1CCC3(C=Cc4ccccc43)CC1)C2. The summed E-state index contributed by atoms with van der Waals surface area (Å²) >= 11 is 0. The molecule has 29 heavy (non-hydrogen) atoms. The van der Waals surface area contributed by atoms with Crippen molar-refractivity contribution < 1.29 is 9.53 Å². The predicted octanol–water partition coefficient (Wildman–Crippen LogP) is 3.89. The second-order valence-corrected chi connectivity index (χ2v) is 8.64. The van der Waals surface area contributed by atoms with Crippen LogP contribution >= 0.6 is 0 Å². The Morgan fingerprint density at radius 2 is 1.90 bits per heavy atom. The summed E-state index contributed by atoms with van der Waals surface area (Å²) in [5.74, 6) is 0.997. The number of carbonyl (C=O) groups is 1. The molecule has 3 aliphatic rings. The Morgan fingerprint density at radius 3 is 2.69 bits per heavy atom. The fourth-order valence-electron chi connectivity index (χ4n) is 5.47. The summed E-state index contributed by atoms with van der Waals surface area (Å²) in [6.07, 6.45) is 7.75. The van der Waals surface area contributed by atoms with Crippen molar-refractivity contribution >= 4 is 17.7 Å². The lowest BCUT2D eigenvalue weighted by atomic mass is 9.74. The molecule has 1 spiro atoms. The number of benzene rings is 2. The average Bonchev–Trinajstić information content (AvgIpc) is 3.11. The van der Waals surface area contributed by atoms with Crippen LogP contribution in [0.25, 0.3) is 6.08 Å². The number of allylic oxidation sites excluding steroid dienone is 1. The van der Waals surface area contributed by atoms with Crippen molar-refractivity contribution in [1.29, 1.82) is 0 Å². The number of hydrogen-bond donors (Lipinski definition) is 0. The monoisotopic (exact) mass is 388 g/mol. The van der Waals surface area contributed by atoms with Gasteiger partial charge in [-0.05, 0) is 55.1 Å². The van der Waals surface area contributed by atoms with Crippen LogP contribution in [0, 0.1) is 5.92 Å². The van der Waals surface area contributed by atoms with Gasteiger partial charge >= 0.3 is 0 Å². The van der Waals surface area contributed by atoms with Crippen LogP contribution in [0.3, 0.4) is 0 Å². The molecule has 4 nitrogen and oxygen atoms in total. The second kappa shape index (κ2) is 7.03. The number of hydrogen-bond acceptors (Lipinski definition) is 3. The summed E-state index contributed by atoms with van der Waals surface area (Å²) in [4.78, 5) is 17.4. The predicted molar refractivity (Wildman–Crippen MR) is 116 cm³/mol. The van der Waals surface area contributed by atoms with Crippen LogP contribution < -0.4 is 9.64 Å². The van der Waals surface area contributed by atoms with E-state index in [1.807, 2.05) is 19.2 Å². The fourth-order valence-corrected chi connectivity index (χ4v) is 5.47. The van der Waals surface area contributed by atoms with Crippen molar-refractivity contribution in [2.24, 2.45) is 5.92 Å². The van der Waals surface area contributed by atoms with Crippen LogP contribution in [0.1, 0.15) is 29.5 Å². The van der Waals surface area contributed by atoms with Gasteiger partial charge in [0.05, 0.1) is 18.7 Å². The number of likely N-dealkylation sites (tertiary alicyclic amines) is 1. The molecule has 2 aliphatic heterocycles. The van der Waals surface area contributed by atoms with Gasteiger partial charge in [0, 0.05) is 19.0 Å². The fraction of sp³-hybridized carbons (Fsp3) is 0.400. The van der Waals surface area contributed by atoms with Crippen LogP contribution in [0.15, 0.2) is 48.5 Å². The Kier molecular flexibility index (Phi) is 4.47. The first kappa shape index (κ1) is 18.4. The highest BCUT2D eigenvalue weighted by molar-refractivity contribution is 5.99. The summed E-state index contributed by atoms with van der Waals surface area (Å²) in [7, 11) is 3.54. The second-order valence-electron chi connectivity index (χ2n) is 8.64. The molecule has 1 unspecified atom stereocenters. The van der Waals surface area contributed by atoms with E-state index < -0.39 is 0 Å². The lowest BCUT2D eigenvalue weighted by Crippen LogP contribution is -2.48. The van der Waals surface area contributed by atoms with Crippen LogP contribution in [-0.4, -0.2) is 44.6 Å². The number of ether oxygens (including phenoxy) is 1. The molecule has 5 rings (SSSR count). The van der Waals surface area contributed by atoms with Crippen molar-refractivity contribution in [1.82, 2.24) is 4.90 Å². The first-order chi connectivity index (χ1) is 14.1. The molecule has 0 saturated carbocycles. The molecular weight excluding hydrogens is 360 g/mol. The first-order valence-corrected chi connectivity index (χ1v) is 10.6. The molecule has 0 bridgehead atoms. The number of nitrogens with zero attached hydrogens (tertiary/aromatic N) is 2. The summed E-state index contributed by atoms with van der Waals surface area (Å²) in [5.41, 5.74) is 5.18. The van der Waals surface area contributed by atoms with Crippen LogP contribution in [0.5, 0.6) is 5.75 Å². The number of para-hydroxylation sites is 1. The summed E-state index contributed by atoms with van der Waals surface area (Å²) < 4.78 is 5.49. The molecule has 150 valence electrons. The molecule has 1 atom stereocenters. The van der Waals surface area contributed by atoms with E-state index in [4.69, 9.17) is 4.74 Å². The van der Waals surface area contributed by atoms with Crippen LogP contribution in [0.4, 0.5) is 5.69 Å². The van der Waals surface area contributed by atoms with Gasteiger partial charge in [-0.1, -0.05) is 48.6 Å². The zero-order valence-corrected chi connectivity index (χ0v) is 17.2. The Labute approximate surface area is 172 Å². The average molecular weight is 389 g/mol. The molecule has 0 radical (unpaired) electrons. The maximum absolute atomic E-state index is 13.1. The zero-order chi connectivity index (χ0) is 20.0. The van der Waals surface area contributed by atoms with Gasteiger partial charge in [-0.2, -0.15) is 0 Å². The highest BCUT2D eigenvalue weighted by Crippen LogP contribution is 2.44. The van der Waals surface area contributed by atoms with Gasteiger partial charge in [-0.3, -0.25) is 4.79 Å². The number of anilines is 1. The number of methoxy groups -OCH3 is 1. The lowest BCUT2D eigenvalue weighted by Gasteiger charge is -2.41. The van der Waals surface area contributed by atoms with Crippen molar-refractivity contribution in [2.75, 3.05) is 38.7 Å². The highest BCUT2D eigenvalue weighted by atomic mass is 16.5. The zero-order valence-electron chi connectivity index (χ0n) is 17.2. The van der Waals surface area contributed by atoms with E-state index in [1.54, 1.807) is 12.0 Å². The van der Waals surface area contributed by atoms with Gasteiger partial charge in [-0.25, -0.2) is 0 Å². The molecule has 1 aliphatic carbocycles. The Morgan fingerprint density at radius 1 is 1.10 bits per heavy atom. The third-order valence-corrected chi connectivity index (χ3v) is 7.09. The molecule has 0 N–H and O–H groups in total. The third-order valence-electron chi connectivity index (χ3n) is 7.09. The number of piperidine rings is 1. The van der Waals surface area contributed by atoms with Crippen LogP contribution in [0.2, 0.25) is 0 Å². The van der Waals surface area contributed by atoms with Crippen LogP contribution in [-0.2, 0) is 16.6 Å². The molecule has 0 aromatic heterocycles. The summed E-state index contributed by atoms with van der Waals surface area (Å²) in [5, 5.41) is 0. The largest absolute Gasteiger partial charge is 0.495 e. The maximum atomic E-state index is 13.1. The van der Waals surface area contributed by atoms with Gasteiger partial charge in [0.1, 0.15) is 5.75 Å². The standard InChI is InChI=1S/C25H28N2O2/c1-26-23-19(7-5-9-22(23)29-2)16-20(24(26)28)17-27-14-12-25(13-15-27)11-10-18-6-3-4-8-21(18)25/h3-11,20H,12-17H2,1-2H3. The van der Waals surface area contributed by atoms with E-state index in [1.165, 1.54) is 16.7 Å². The summed E-state index contributed by atoms with van der Waals surface area (Å²) in [6.45, 7) is 2.91. The van der Waals surface area contributed by atoms with Gasteiger partial charge in [0.25, 0.3) is 0 Å². The van der Waals surface area contributed by atoms with E-state index >= 15 is 0 Å². The molecule has 2 heterocycles. The van der Waals surface area contributed by atoms with Crippen molar-refractivity contribution in [3.05, 3.63) is 65.2 Å². The van der Waals surface area contributed by atoms with Gasteiger partial charge < -0.3 is 14.5 Å². The van der Waals surface area contributed by atoms with Gasteiger partial charge in [-0.15, -0.1) is 0 Å². The molecular formula is C25H28N2O2. The Balaban J connectivity index is 1.29. The van der Waals surface area contributed by atoms with Gasteiger partial charge in [0.2, 0.25) is 5.91 Å². The van der Waals surface area contributed by atoms with E-state index in [9.17, 15) is 4.79 Å². The summed E-state index contributed by atoms with van der Waals surface area (Å²) in [6, 6.07) is 14.9. The normalized spacial score (nSPS) is 22.6. The van der Waals surface area contributed by atoms with Crippen molar-refractivity contribution in [3.8, 4) is 5.75 Å². The number of amides is 1. The van der Waals surface area contributed by atoms with E-state index in [0.29, 0.717) is 0 Å². The number of rotatable bonds is 3. The topological polar surface area (TPSA) is 32.8 Å². The van der Waals surface area contributed by atoms with E-state index in [-0.39, 0.29) is 17.2 Å². The Hall–Kier alpha value is -2.59. The quantitative estimate of drug-likeness (QED) is 0.800. The molecule has 1 saturated heterocycles. The minimum absolute atomic E-state index is 0.0139. The van der Waals surface area contributed by atoms with Crippen molar-refractivity contribution in [3.63, 3.8) is 0 Å². The first-order valence-electron chi connectivity index (χ1n) is 10.6. The molecule has 2 aromatic rings. The van der Waals surface area contributed by atoms with E-state index in [0.717, 1.165) is 50.3 Å².